The molecule has 0 saturated carbocycles. The van der Waals surface area contributed by atoms with Crippen molar-refractivity contribution in [2.24, 2.45) is 5.92 Å². The molecule has 0 aliphatic carbocycles. The molecule has 2 saturated heterocycles. The maximum Gasteiger partial charge on any atom is 0.418 e. The van der Waals surface area contributed by atoms with Gasteiger partial charge in [-0.2, -0.15) is 13.2 Å². The van der Waals surface area contributed by atoms with Crippen LogP contribution < -0.4 is 4.90 Å². The van der Waals surface area contributed by atoms with E-state index in [0.717, 1.165) is 36.6 Å². The molecule has 2 aliphatic rings. The summed E-state index contributed by atoms with van der Waals surface area (Å²) < 4.78 is 40.0. The van der Waals surface area contributed by atoms with Gasteiger partial charge in [-0.3, -0.25) is 9.59 Å². The first kappa shape index (κ1) is 19.0. The van der Waals surface area contributed by atoms with E-state index >= 15 is 0 Å². The zero-order chi connectivity index (χ0) is 18.9. The SMILES string of the molecule is O=C(C1CC(=O)N(c2ccc(Cl)cc2C(F)(F)F)C1)N1CCCCCC1. The molecule has 0 N–H and O–H groups in total. The molecule has 0 aromatic heterocycles. The second-order valence-corrected chi connectivity index (χ2v) is 7.24. The van der Waals surface area contributed by atoms with Gasteiger partial charge < -0.3 is 9.80 Å². The summed E-state index contributed by atoms with van der Waals surface area (Å²) in [5.41, 5.74) is -1.20. The molecule has 1 aromatic rings. The first-order valence-corrected chi connectivity index (χ1v) is 9.11. The second kappa shape index (κ2) is 7.47. The number of benzene rings is 1. The molecule has 2 heterocycles. The van der Waals surface area contributed by atoms with Gasteiger partial charge in [-0.15, -0.1) is 0 Å². The van der Waals surface area contributed by atoms with Gasteiger partial charge >= 0.3 is 6.18 Å². The van der Waals surface area contributed by atoms with Crippen LogP contribution in [0.1, 0.15) is 37.7 Å². The van der Waals surface area contributed by atoms with Gasteiger partial charge in [0.1, 0.15) is 0 Å². The maximum absolute atomic E-state index is 13.3. The summed E-state index contributed by atoms with van der Waals surface area (Å²) in [4.78, 5) is 27.9. The van der Waals surface area contributed by atoms with Crippen molar-refractivity contribution in [1.82, 2.24) is 4.90 Å². The van der Waals surface area contributed by atoms with E-state index in [1.807, 2.05) is 0 Å². The van der Waals surface area contributed by atoms with Crippen LogP contribution in [0.3, 0.4) is 0 Å². The summed E-state index contributed by atoms with van der Waals surface area (Å²) in [6, 6.07) is 3.33. The summed E-state index contributed by atoms with van der Waals surface area (Å²) in [5, 5.41) is -0.0510. The van der Waals surface area contributed by atoms with Crippen LogP contribution in [0.2, 0.25) is 5.02 Å². The quantitative estimate of drug-likeness (QED) is 0.764. The summed E-state index contributed by atoms with van der Waals surface area (Å²) in [7, 11) is 0. The third-order valence-corrected chi connectivity index (χ3v) is 5.18. The van der Waals surface area contributed by atoms with Gasteiger partial charge in [0, 0.05) is 31.1 Å². The lowest BCUT2D eigenvalue weighted by atomic mass is 10.1. The Labute approximate surface area is 154 Å². The van der Waals surface area contributed by atoms with Crippen molar-refractivity contribution in [2.45, 2.75) is 38.3 Å². The molecule has 8 heteroatoms. The van der Waals surface area contributed by atoms with Crippen molar-refractivity contribution in [3.8, 4) is 0 Å². The number of likely N-dealkylation sites (tertiary alicyclic amines) is 1. The van der Waals surface area contributed by atoms with Crippen LogP contribution in [0.15, 0.2) is 18.2 Å². The van der Waals surface area contributed by atoms with Gasteiger partial charge in [0.25, 0.3) is 0 Å². The van der Waals surface area contributed by atoms with Crippen LogP contribution in [0.5, 0.6) is 0 Å². The molecule has 1 atom stereocenters. The molecule has 1 aromatic carbocycles. The number of carbonyl (C=O) groups is 2. The first-order valence-electron chi connectivity index (χ1n) is 8.73. The number of anilines is 1. The lowest BCUT2D eigenvalue weighted by molar-refractivity contribution is -0.137. The molecule has 0 bridgehead atoms. The molecular formula is C18H20ClF3N2O2. The third-order valence-electron chi connectivity index (χ3n) is 4.95. The lowest BCUT2D eigenvalue weighted by Gasteiger charge is -2.25. The Morgan fingerprint density at radius 2 is 1.77 bits per heavy atom. The van der Waals surface area contributed by atoms with E-state index in [4.69, 9.17) is 11.6 Å². The molecule has 4 nitrogen and oxygen atoms in total. The summed E-state index contributed by atoms with van der Waals surface area (Å²) in [5.74, 6) is -1.20. The number of alkyl halides is 3. The monoisotopic (exact) mass is 388 g/mol. The molecule has 1 unspecified atom stereocenters. The Morgan fingerprint density at radius 3 is 2.38 bits per heavy atom. The highest BCUT2D eigenvalue weighted by Crippen LogP contribution is 2.40. The van der Waals surface area contributed by atoms with Crippen LogP contribution in [0, 0.1) is 5.92 Å². The van der Waals surface area contributed by atoms with Crippen LogP contribution in [0.25, 0.3) is 0 Å². The number of carbonyl (C=O) groups excluding carboxylic acids is 2. The molecule has 142 valence electrons. The minimum atomic E-state index is -4.63. The van der Waals surface area contributed by atoms with Crippen molar-refractivity contribution >= 4 is 29.1 Å². The van der Waals surface area contributed by atoms with Crippen molar-refractivity contribution < 1.29 is 22.8 Å². The zero-order valence-electron chi connectivity index (χ0n) is 14.2. The fourth-order valence-corrected chi connectivity index (χ4v) is 3.80. The molecule has 0 spiro atoms. The highest BCUT2D eigenvalue weighted by Gasteiger charge is 2.42. The Kier molecular flexibility index (Phi) is 5.46. The van der Waals surface area contributed by atoms with Gasteiger partial charge in [-0.25, -0.2) is 0 Å². The predicted molar refractivity (Wildman–Crippen MR) is 92.0 cm³/mol. The largest absolute Gasteiger partial charge is 0.418 e. The number of hydrogen-bond acceptors (Lipinski definition) is 2. The van der Waals surface area contributed by atoms with E-state index in [2.05, 4.69) is 0 Å². The van der Waals surface area contributed by atoms with Crippen LogP contribution >= 0.6 is 11.6 Å². The number of nitrogens with zero attached hydrogens (tertiary/aromatic N) is 2. The van der Waals surface area contributed by atoms with Crippen molar-refractivity contribution in [3.05, 3.63) is 28.8 Å². The average Bonchev–Trinajstić information content (AvgIpc) is 2.79. The molecule has 26 heavy (non-hydrogen) atoms. The number of hydrogen-bond donors (Lipinski definition) is 0. The Bertz CT molecular complexity index is 700. The fraction of sp³-hybridized carbons (Fsp3) is 0.556. The van der Waals surface area contributed by atoms with Gasteiger partial charge in [0.15, 0.2) is 0 Å². The Balaban J connectivity index is 1.81. The van der Waals surface area contributed by atoms with Gasteiger partial charge in [-0.05, 0) is 31.0 Å². The average molecular weight is 389 g/mol. The molecule has 2 aliphatic heterocycles. The molecule has 2 fully saturated rings. The van der Waals surface area contributed by atoms with Crippen LogP contribution in [-0.4, -0.2) is 36.3 Å². The Hall–Kier alpha value is -1.76. The minimum absolute atomic E-state index is 0.0289. The number of halogens is 4. The topological polar surface area (TPSA) is 40.6 Å². The van der Waals surface area contributed by atoms with Crippen molar-refractivity contribution in [3.63, 3.8) is 0 Å². The van der Waals surface area contributed by atoms with Gasteiger partial charge in [-0.1, -0.05) is 24.4 Å². The third kappa shape index (κ3) is 3.98. The normalized spacial score (nSPS) is 21.8. The number of rotatable bonds is 2. The molecule has 2 amide bonds. The van der Waals surface area contributed by atoms with Crippen molar-refractivity contribution in [2.75, 3.05) is 24.5 Å². The van der Waals surface area contributed by atoms with E-state index in [9.17, 15) is 22.8 Å². The Morgan fingerprint density at radius 1 is 1.12 bits per heavy atom. The van der Waals surface area contributed by atoms with Crippen LogP contribution in [-0.2, 0) is 15.8 Å². The number of amides is 2. The fourth-order valence-electron chi connectivity index (χ4n) is 3.63. The first-order chi connectivity index (χ1) is 12.3. The van der Waals surface area contributed by atoms with E-state index < -0.39 is 23.6 Å². The summed E-state index contributed by atoms with van der Waals surface area (Å²) in [6.45, 7) is 1.27. The predicted octanol–water partition coefficient (Wildman–Crippen LogP) is 4.11. The summed E-state index contributed by atoms with van der Waals surface area (Å²) in [6.07, 6.45) is -0.710. The highest BCUT2D eigenvalue weighted by molar-refractivity contribution is 6.30. The zero-order valence-corrected chi connectivity index (χ0v) is 14.9. The lowest BCUT2D eigenvalue weighted by Crippen LogP contribution is -2.38. The van der Waals surface area contributed by atoms with E-state index in [1.165, 1.54) is 12.1 Å². The smallest absolute Gasteiger partial charge is 0.342 e. The molecule has 0 radical (unpaired) electrons. The summed E-state index contributed by atoms with van der Waals surface area (Å²) >= 11 is 5.70. The van der Waals surface area contributed by atoms with Gasteiger partial charge in [0.05, 0.1) is 17.2 Å². The molecule has 3 rings (SSSR count). The second-order valence-electron chi connectivity index (χ2n) is 6.80. The van der Waals surface area contributed by atoms with Crippen LogP contribution in [0.4, 0.5) is 18.9 Å². The minimum Gasteiger partial charge on any atom is -0.342 e. The van der Waals surface area contributed by atoms with Gasteiger partial charge in [0.2, 0.25) is 11.8 Å². The van der Waals surface area contributed by atoms with E-state index in [0.29, 0.717) is 13.1 Å². The van der Waals surface area contributed by atoms with Crippen molar-refractivity contribution in [1.29, 1.82) is 0 Å². The van der Waals surface area contributed by atoms with E-state index in [1.54, 1.807) is 4.90 Å². The standard InChI is InChI=1S/C18H20ClF3N2O2/c19-13-5-6-15(14(10-13)18(20,21)22)24-11-12(9-16(24)25)17(26)23-7-3-1-2-4-8-23/h5-6,10,12H,1-4,7-9,11H2. The highest BCUT2D eigenvalue weighted by atomic mass is 35.5. The molecular weight excluding hydrogens is 369 g/mol. The van der Waals surface area contributed by atoms with E-state index in [-0.39, 0.29) is 29.6 Å². The maximum atomic E-state index is 13.3.